The molecule has 140 valence electrons. The number of primary sulfonamides is 1. The predicted octanol–water partition coefficient (Wildman–Crippen LogP) is 0.789. The molecule has 1 aromatic heterocycles. The van der Waals surface area contributed by atoms with Gasteiger partial charge in [0.25, 0.3) is 0 Å². The number of hydrogen-bond acceptors (Lipinski definition) is 7. The Morgan fingerprint density at radius 3 is 2.81 bits per heavy atom. The van der Waals surface area contributed by atoms with E-state index in [1.165, 1.54) is 0 Å². The molecule has 0 saturated heterocycles. The fraction of sp³-hybridized carbons (Fsp3) is 0.412. The fourth-order valence-electron chi connectivity index (χ4n) is 2.98. The molecule has 0 aliphatic carbocycles. The van der Waals surface area contributed by atoms with Gasteiger partial charge < -0.3 is 15.3 Å². The van der Waals surface area contributed by atoms with Crippen molar-refractivity contribution in [2.24, 2.45) is 5.14 Å². The molecule has 0 saturated carbocycles. The van der Waals surface area contributed by atoms with Crippen molar-refractivity contribution in [3.05, 3.63) is 41.1 Å². The van der Waals surface area contributed by atoms with Crippen LogP contribution >= 0.6 is 0 Å². The Labute approximate surface area is 153 Å². The molecule has 3 rings (SSSR count). The first kappa shape index (κ1) is 18.6. The summed E-state index contributed by atoms with van der Waals surface area (Å²) in [6, 6.07) is 6.94. The van der Waals surface area contributed by atoms with Gasteiger partial charge >= 0.3 is 0 Å². The van der Waals surface area contributed by atoms with Crippen LogP contribution in [0.1, 0.15) is 23.2 Å². The summed E-state index contributed by atoms with van der Waals surface area (Å²) in [5.41, 5.74) is 2.90. The first-order chi connectivity index (χ1) is 12.4. The summed E-state index contributed by atoms with van der Waals surface area (Å²) < 4.78 is 23.2. The van der Waals surface area contributed by atoms with Crippen molar-refractivity contribution in [2.75, 3.05) is 29.9 Å². The number of hydrogen-bond donors (Lipinski definition) is 3. The summed E-state index contributed by atoms with van der Waals surface area (Å²) in [4.78, 5) is 11.1. The smallest absolute Gasteiger partial charge is 0.238 e. The second-order valence-corrected chi connectivity index (χ2v) is 7.90. The summed E-state index contributed by atoms with van der Waals surface area (Å²) in [5.74, 6) is 1.31. The average Bonchev–Trinajstić information content (AvgIpc) is 2.60. The van der Waals surface area contributed by atoms with Gasteiger partial charge in [0.15, 0.2) is 0 Å². The number of benzene rings is 1. The number of rotatable bonds is 6. The predicted molar refractivity (Wildman–Crippen MR) is 99.5 cm³/mol. The number of nitrogens with one attached hydrogen (secondary N) is 1. The van der Waals surface area contributed by atoms with Gasteiger partial charge in [0.2, 0.25) is 16.0 Å². The highest BCUT2D eigenvalue weighted by Crippen LogP contribution is 2.26. The molecule has 1 aromatic carbocycles. The second kappa shape index (κ2) is 7.56. The third-order valence-electron chi connectivity index (χ3n) is 4.30. The van der Waals surface area contributed by atoms with Crippen molar-refractivity contribution in [2.45, 2.75) is 31.2 Å². The zero-order valence-electron chi connectivity index (χ0n) is 14.6. The van der Waals surface area contributed by atoms with Crippen LogP contribution in [0.4, 0.5) is 11.8 Å². The lowest BCUT2D eigenvalue weighted by molar-refractivity contribution is 0.292. The minimum Gasteiger partial charge on any atom is -0.396 e. The van der Waals surface area contributed by atoms with Gasteiger partial charge in [-0.3, -0.25) is 0 Å². The molecular weight excluding hydrogens is 354 g/mol. The Kier molecular flexibility index (Phi) is 5.40. The SMILES string of the molecule is Cc1cc(N2CCc3ccc(S(N)(=O)=O)cc3C2)nc(NCCCO)n1. The van der Waals surface area contributed by atoms with Gasteiger partial charge in [0, 0.05) is 38.0 Å². The number of aromatic nitrogens is 2. The van der Waals surface area contributed by atoms with Crippen LogP contribution in [0.2, 0.25) is 0 Å². The van der Waals surface area contributed by atoms with E-state index in [4.69, 9.17) is 10.2 Å². The van der Waals surface area contributed by atoms with Gasteiger partial charge in [-0.05, 0) is 43.0 Å². The normalized spacial score (nSPS) is 14.2. The highest BCUT2D eigenvalue weighted by molar-refractivity contribution is 7.89. The largest absolute Gasteiger partial charge is 0.396 e. The third kappa shape index (κ3) is 4.29. The number of nitrogens with two attached hydrogens (primary N) is 1. The van der Waals surface area contributed by atoms with Crippen molar-refractivity contribution in [3.8, 4) is 0 Å². The second-order valence-electron chi connectivity index (χ2n) is 6.34. The Bertz CT molecular complexity index is 901. The summed E-state index contributed by atoms with van der Waals surface area (Å²) >= 11 is 0. The maximum absolute atomic E-state index is 11.6. The lowest BCUT2D eigenvalue weighted by Gasteiger charge is -2.30. The maximum atomic E-state index is 11.6. The number of aryl methyl sites for hydroxylation is 1. The average molecular weight is 377 g/mol. The molecule has 0 bridgehead atoms. The molecule has 9 heteroatoms. The van der Waals surface area contributed by atoms with Crippen LogP contribution in [-0.2, 0) is 23.0 Å². The first-order valence-electron chi connectivity index (χ1n) is 8.47. The van der Waals surface area contributed by atoms with Crippen molar-refractivity contribution in [1.82, 2.24) is 9.97 Å². The van der Waals surface area contributed by atoms with E-state index in [-0.39, 0.29) is 11.5 Å². The van der Waals surface area contributed by atoms with E-state index in [2.05, 4.69) is 20.2 Å². The molecule has 0 amide bonds. The Balaban J connectivity index is 1.84. The van der Waals surface area contributed by atoms with E-state index >= 15 is 0 Å². The molecule has 1 aliphatic heterocycles. The summed E-state index contributed by atoms with van der Waals surface area (Å²) in [7, 11) is -3.72. The molecule has 0 atom stereocenters. The van der Waals surface area contributed by atoms with Crippen molar-refractivity contribution < 1.29 is 13.5 Å². The highest BCUT2D eigenvalue weighted by atomic mass is 32.2. The van der Waals surface area contributed by atoms with Crippen LogP contribution < -0.4 is 15.4 Å². The Morgan fingerprint density at radius 1 is 1.27 bits per heavy atom. The van der Waals surface area contributed by atoms with E-state index < -0.39 is 10.0 Å². The summed E-state index contributed by atoms with van der Waals surface area (Å²) in [6.07, 6.45) is 1.43. The van der Waals surface area contributed by atoms with Gasteiger partial charge in [-0.15, -0.1) is 0 Å². The van der Waals surface area contributed by atoms with Gasteiger partial charge in [-0.2, -0.15) is 4.98 Å². The zero-order chi connectivity index (χ0) is 18.7. The van der Waals surface area contributed by atoms with E-state index in [1.54, 1.807) is 12.1 Å². The molecule has 8 nitrogen and oxygen atoms in total. The van der Waals surface area contributed by atoms with Crippen LogP contribution in [0.3, 0.4) is 0 Å². The number of anilines is 2. The lowest BCUT2D eigenvalue weighted by Crippen LogP contribution is -2.31. The van der Waals surface area contributed by atoms with Crippen LogP contribution in [-0.4, -0.2) is 43.2 Å². The Morgan fingerprint density at radius 2 is 2.08 bits per heavy atom. The molecule has 0 unspecified atom stereocenters. The van der Waals surface area contributed by atoms with Crippen LogP contribution in [0, 0.1) is 6.92 Å². The van der Waals surface area contributed by atoms with E-state index in [9.17, 15) is 8.42 Å². The monoisotopic (exact) mass is 377 g/mol. The molecule has 0 radical (unpaired) electrons. The number of fused-ring (bicyclic) bond motifs is 1. The quantitative estimate of drug-likeness (QED) is 0.636. The van der Waals surface area contributed by atoms with Crippen LogP contribution in [0.5, 0.6) is 0 Å². The van der Waals surface area contributed by atoms with E-state index in [1.807, 2.05) is 19.1 Å². The van der Waals surface area contributed by atoms with E-state index in [0.29, 0.717) is 25.5 Å². The molecule has 2 heterocycles. The number of nitrogens with zero attached hydrogens (tertiary/aromatic N) is 3. The van der Waals surface area contributed by atoms with Gasteiger partial charge in [0.1, 0.15) is 5.82 Å². The molecule has 0 fully saturated rings. The van der Waals surface area contributed by atoms with Crippen molar-refractivity contribution >= 4 is 21.8 Å². The summed E-state index contributed by atoms with van der Waals surface area (Å²) in [5, 5.41) is 17.2. The minimum atomic E-state index is -3.72. The minimum absolute atomic E-state index is 0.112. The third-order valence-corrected chi connectivity index (χ3v) is 5.21. The van der Waals surface area contributed by atoms with Gasteiger partial charge in [-0.25, -0.2) is 18.5 Å². The highest BCUT2D eigenvalue weighted by Gasteiger charge is 2.20. The number of aliphatic hydroxyl groups excluding tert-OH is 1. The molecule has 0 spiro atoms. The standard InChI is InChI=1S/C17H23N5O3S/c1-12-9-16(21-17(20-12)19-6-2-8-23)22-7-5-13-3-4-15(26(18,24)25)10-14(13)11-22/h3-4,9-10,23H,2,5-8,11H2,1H3,(H2,18,24,25)(H,19,20,21). The van der Waals surface area contributed by atoms with Gasteiger partial charge in [0.05, 0.1) is 4.90 Å². The van der Waals surface area contributed by atoms with Crippen LogP contribution in [0.25, 0.3) is 0 Å². The van der Waals surface area contributed by atoms with Gasteiger partial charge in [-0.1, -0.05) is 6.07 Å². The Hall–Kier alpha value is -2.23. The lowest BCUT2D eigenvalue weighted by atomic mass is 10.00. The van der Waals surface area contributed by atoms with Crippen molar-refractivity contribution in [3.63, 3.8) is 0 Å². The fourth-order valence-corrected chi connectivity index (χ4v) is 3.54. The molecule has 4 N–H and O–H groups in total. The molecule has 2 aromatic rings. The first-order valence-corrected chi connectivity index (χ1v) is 10.0. The van der Waals surface area contributed by atoms with Crippen LogP contribution in [0.15, 0.2) is 29.2 Å². The van der Waals surface area contributed by atoms with Crippen molar-refractivity contribution in [1.29, 1.82) is 0 Å². The van der Waals surface area contributed by atoms with E-state index in [0.717, 1.165) is 35.6 Å². The topological polar surface area (TPSA) is 121 Å². The molecule has 26 heavy (non-hydrogen) atoms. The number of sulfonamides is 1. The maximum Gasteiger partial charge on any atom is 0.238 e. The summed E-state index contributed by atoms with van der Waals surface area (Å²) in [6.45, 7) is 3.96. The molecular formula is C17H23N5O3S. The molecule has 1 aliphatic rings. The zero-order valence-corrected chi connectivity index (χ0v) is 15.5. The number of aliphatic hydroxyl groups is 1.